The maximum absolute atomic E-state index is 13.7. The van der Waals surface area contributed by atoms with Gasteiger partial charge in [0.15, 0.2) is 0 Å². The molecule has 0 aliphatic carbocycles. The lowest BCUT2D eigenvalue weighted by molar-refractivity contribution is -0.139. The van der Waals surface area contributed by atoms with E-state index < -0.39 is 56.9 Å². The van der Waals surface area contributed by atoms with Crippen molar-refractivity contribution in [2.45, 2.75) is 37.5 Å². The van der Waals surface area contributed by atoms with Gasteiger partial charge in [-0.25, -0.2) is 8.42 Å². The van der Waals surface area contributed by atoms with Gasteiger partial charge in [0, 0.05) is 13.1 Å². The van der Waals surface area contributed by atoms with Crippen molar-refractivity contribution in [2.24, 2.45) is 0 Å². The smallest absolute Gasteiger partial charge is 0.355 e. The number of alkyl halides is 3. The Morgan fingerprint density at radius 2 is 1.56 bits per heavy atom. The van der Waals surface area contributed by atoms with Crippen molar-refractivity contribution >= 4 is 39.1 Å². The third-order valence-electron chi connectivity index (χ3n) is 5.87. The summed E-state index contributed by atoms with van der Waals surface area (Å²) in [4.78, 5) is 27.3. The fourth-order valence-electron chi connectivity index (χ4n) is 3.82. The van der Waals surface area contributed by atoms with Crippen LogP contribution in [-0.4, -0.2) is 44.3 Å². The summed E-state index contributed by atoms with van der Waals surface area (Å²) in [5.41, 5.74) is -0.987. The Kier molecular flexibility index (Phi) is 9.63. The van der Waals surface area contributed by atoms with E-state index in [1.807, 2.05) is 0 Å². The van der Waals surface area contributed by atoms with E-state index in [2.05, 4.69) is 5.32 Å². The van der Waals surface area contributed by atoms with Crippen LogP contribution >= 0.6 is 11.6 Å². The first kappa shape index (κ1) is 30.0. The normalized spacial score (nSPS) is 12.5. The number of amides is 2. The van der Waals surface area contributed by atoms with Gasteiger partial charge < -0.3 is 10.2 Å². The number of sulfonamides is 1. The highest BCUT2D eigenvalue weighted by atomic mass is 35.5. The van der Waals surface area contributed by atoms with E-state index in [1.165, 1.54) is 36.1 Å². The van der Waals surface area contributed by atoms with Crippen LogP contribution in [-0.2, 0) is 32.3 Å². The van der Waals surface area contributed by atoms with Crippen LogP contribution in [0.15, 0.2) is 83.8 Å². The molecule has 7 nitrogen and oxygen atoms in total. The first-order chi connectivity index (χ1) is 18.4. The molecule has 208 valence electrons. The number of benzene rings is 3. The van der Waals surface area contributed by atoms with Crippen LogP contribution in [0.5, 0.6) is 0 Å². The predicted octanol–water partition coefficient (Wildman–Crippen LogP) is 5.11. The Hall–Kier alpha value is -3.57. The standard InChI is InChI=1S/C27H27ClF3N3O4S/c1-3-32-26(36)19(2)33(17-20-10-6-4-7-11-20)25(35)18-34(39(37,38)22-12-8-5-9-13-22)21-14-15-24(28)23(16-21)27(29,30)31/h4-16,19H,3,17-18H2,1-2H3,(H,32,36)/t19-/m0/s1. The van der Waals surface area contributed by atoms with Gasteiger partial charge in [0.25, 0.3) is 10.0 Å². The molecule has 0 saturated heterocycles. The average molecular weight is 582 g/mol. The zero-order chi connectivity index (χ0) is 28.8. The van der Waals surface area contributed by atoms with E-state index in [9.17, 15) is 31.2 Å². The van der Waals surface area contributed by atoms with Gasteiger partial charge in [-0.05, 0) is 49.7 Å². The van der Waals surface area contributed by atoms with Gasteiger partial charge in [-0.2, -0.15) is 13.2 Å². The molecule has 1 atom stereocenters. The number of halogens is 4. The summed E-state index contributed by atoms with van der Waals surface area (Å²) >= 11 is 5.76. The summed E-state index contributed by atoms with van der Waals surface area (Å²) in [6.07, 6.45) is -4.87. The Balaban J connectivity index is 2.10. The lowest BCUT2D eigenvalue weighted by Crippen LogP contribution is -2.51. The highest BCUT2D eigenvalue weighted by Gasteiger charge is 2.36. The molecule has 3 aromatic rings. The molecule has 0 fully saturated rings. The molecule has 0 spiro atoms. The van der Waals surface area contributed by atoms with Crippen molar-refractivity contribution in [3.8, 4) is 0 Å². The van der Waals surface area contributed by atoms with E-state index in [-0.39, 0.29) is 11.4 Å². The van der Waals surface area contributed by atoms with Crippen molar-refractivity contribution in [1.29, 1.82) is 0 Å². The molecule has 0 heterocycles. The van der Waals surface area contributed by atoms with Gasteiger partial charge in [0.2, 0.25) is 11.8 Å². The first-order valence-corrected chi connectivity index (χ1v) is 13.7. The van der Waals surface area contributed by atoms with Gasteiger partial charge >= 0.3 is 6.18 Å². The number of likely N-dealkylation sites (N-methyl/N-ethyl adjacent to an activating group) is 1. The second-order valence-corrected chi connectivity index (χ2v) is 10.8. The van der Waals surface area contributed by atoms with E-state index in [1.54, 1.807) is 43.3 Å². The molecule has 0 aliphatic heterocycles. The van der Waals surface area contributed by atoms with Crippen LogP contribution in [0.4, 0.5) is 18.9 Å². The van der Waals surface area contributed by atoms with Crippen molar-refractivity contribution in [3.63, 3.8) is 0 Å². The molecular weight excluding hydrogens is 555 g/mol. The number of anilines is 1. The van der Waals surface area contributed by atoms with Gasteiger partial charge in [0.1, 0.15) is 12.6 Å². The zero-order valence-corrected chi connectivity index (χ0v) is 22.7. The van der Waals surface area contributed by atoms with Crippen LogP contribution < -0.4 is 9.62 Å². The van der Waals surface area contributed by atoms with Crippen molar-refractivity contribution in [1.82, 2.24) is 10.2 Å². The molecule has 3 aromatic carbocycles. The second-order valence-electron chi connectivity index (χ2n) is 8.56. The summed E-state index contributed by atoms with van der Waals surface area (Å²) in [6, 6.07) is 17.4. The molecule has 0 aromatic heterocycles. The molecule has 0 saturated carbocycles. The van der Waals surface area contributed by atoms with Gasteiger partial charge in [-0.15, -0.1) is 0 Å². The molecule has 0 radical (unpaired) electrons. The van der Waals surface area contributed by atoms with Crippen LogP contribution in [0.3, 0.4) is 0 Å². The van der Waals surface area contributed by atoms with Gasteiger partial charge in [0.05, 0.1) is 21.2 Å². The van der Waals surface area contributed by atoms with E-state index >= 15 is 0 Å². The maximum Gasteiger partial charge on any atom is 0.417 e. The molecular formula is C27H27ClF3N3O4S. The Morgan fingerprint density at radius 1 is 0.974 bits per heavy atom. The summed E-state index contributed by atoms with van der Waals surface area (Å²) in [5, 5.41) is 2.01. The quantitative estimate of drug-likeness (QED) is 0.361. The minimum absolute atomic E-state index is 0.0361. The fourth-order valence-corrected chi connectivity index (χ4v) is 5.47. The highest BCUT2D eigenvalue weighted by Crippen LogP contribution is 2.38. The van der Waals surface area contributed by atoms with Gasteiger partial charge in [-0.1, -0.05) is 60.1 Å². The maximum atomic E-state index is 13.7. The monoisotopic (exact) mass is 581 g/mol. The first-order valence-electron chi connectivity index (χ1n) is 11.9. The number of rotatable bonds is 10. The van der Waals surface area contributed by atoms with Crippen molar-refractivity contribution in [2.75, 3.05) is 17.4 Å². The third kappa shape index (κ3) is 7.30. The number of carbonyl (C=O) groups excluding carboxylic acids is 2. The largest absolute Gasteiger partial charge is 0.417 e. The number of hydrogen-bond acceptors (Lipinski definition) is 4. The zero-order valence-electron chi connectivity index (χ0n) is 21.2. The summed E-state index contributed by atoms with van der Waals surface area (Å²) in [6.45, 7) is 2.60. The molecule has 12 heteroatoms. The molecule has 2 amide bonds. The molecule has 3 rings (SSSR count). The van der Waals surface area contributed by atoms with Crippen LogP contribution in [0.1, 0.15) is 25.0 Å². The Labute approximate surface area is 230 Å². The lowest BCUT2D eigenvalue weighted by atomic mass is 10.1. The Bertz CT molecular complexity index is 1400. The fraction of sp³-hybridized carbons (Fsp3) is 0.259. The lowest BCUT2D eigenvalue weighted by Gasteiger charge is -2.32. The van der Waals surface area contributed by atoms with E-state index in [0.717, 1.165) is 12.1 Å². The summed E-state index contributed by atoms with van der Waals surface area (Å²) in [7, 11) is -4.51. The number of carbonyl (C=O) groups is 2. The van der Waals surface area contributed by atoms with Crippen LogP contribution in [0.25, 0.3) is 0 Å². The molecule has 1 N–H and O–H groups in total. The van der Waals surface area contributed by atoms with Crippen molar-refractivity contribution in [3.05, 3.63) is 95.0 Å². The van der Waals surface area contributed by atoms with E-state index in [0.29, 0.717) is 22.5 Å². The van der Waals surface area contributed by atoms with Crippen LogP contribution in [0.2, 0.25) is 5.02 Å². The topological polar surface area (TPSA) is 86.8 Å². The van der Waals surface area contributed by atoms with E-state index in [4.69, 9.17) is 11.6 Å². The summed E-state index contributed by atoms with van der Waals surface area (Å²) < 4.78 is 68.8. The van der Waals surface area contributed by atoms with Gasteiger partial charge in [-0.3, -0.25) is 13.9 Å². The number of nitrogens with zero attached hydrogens (tertiary/aromatic N) is 2. The summed E-state index contributed by atoms with van der Waals surface area (Å²) in [5.74, 6) is -1.26. The molecule has 39 heavy (non-hydrogen) atoms. The highest BCUT2D eigenvalue weighted by molar-refractivity contribution is 7.92. The minimum atomic E-state index is -4.87. The van der Waals surface area contributed by atoms with Crippen molar-refractivity contribution < 1.29 is 31.2 Å². The minimum Gasteiger partial charge on any atom is -0.355 e. The third-order valence-corrected chi connectivity index (χ3v) is 7.99. The second kappa shape index (κ2) is 12.5. The number of nitrogens with one attached hydrogen (secondary N) is 1. The SMILES string of the molecule is CCNC(=O)[C@H](C)N(Cc1ccccc1)C(=O)CN(c1ccc(Cl)c(C(F)(F)F)c1)S(=O)(=O)c1ccccc1. The van der Waals surface area contributed by atoms with Crippen LogP contribution in [0, 0.1) is 0 Å². The average Bonchev–Trinajstić information content (AvgIpc) is 2.90. The number of hydrogen-bond donors (Lipinski definition) is 1. The molecule has 0 aliphatic rings. The predicted molar refractivity (Wildman–Crippen MR) is 143 cm³/mol. The molecule has 0 bridgehead atoms. The molecule has 0 unspecified atom stereocenters. The Morgan fingerprint density at radius 3 is 2.13 bits per heavy atom.